The zero-order chi connectivity index (χ0) is 11.4. The molecule has 0 N–H and O–H groups in total. The van der Waals surface area contributed by atoms with Crippen LogP contribution in [0.15, 0.2) is 42.6 Å². The van der Waals surface area contributed by atoms with Gasteiger partial charge >= 0.3 is 0 Å². The van der Waals surface area contributed by atoms with Crippen LogP contribution in [0, 0.1) is 3.57 Å². The molecule has 0 amide bonds. The van der Waals surface area contributed by atoms with E-state index in [9.17, 15) is 0 Å². The molecule has 1 aromatic carbocycles. The first kappa shape index (κ1) is 11.9. The Morgan fingerprint density at radius 3 is 2.62 bits per heavy atom. The number of hydrogen-bond acceptors (Lipinski definition) is 2. The van der Waals surface area contributed by atoms with Crippen molar-refractivity contribution >= 4 is 38.5 Å². The Morgan fingerprint density at radius 2 is 2.00 bits per heavy atom. The van der Waals surface area contributed by atoms with Crippen molar-refractivity contribution in [1.82, 2.24) is 4.98 Å². The Morgan fingerprint density at radius 1 is 1.19 bits per heavy atom. The highest BCUT2D eigenvalue weighted by atomic mass is 127. The van der Waals surface area contributed by atoms with Gasteiger partial charge in [-0.25, -0.2) is 4.98 Å². The van der Waals surface area contributed by atoms with Gasteiger partial charge in [-0.3, -0.25) is 0 Å². The van der Waals surface area contributed by atoms with Crippen molar-refractivity contribution < 1.29 is 4.74 Å². The molecule has 0 bridgehead atoms. The lowest BCUT2D eigenvalue weighted by atomic mass is 10.3. The summed E-state index contributed by atoms with van der Waals surface area (Å²) in [4.78, 5) is 4.23. The lowest BCUT2D eigenvalue weighted by Gasteiger charge is -2.06. The molecule has 0 radical (unpaired) electrons. The van der Waals surface area contributed by atoms with E-state index < -0.39 is 0 Å². The van der Waals surface area contributed by atoms with Crippen molar-refractivity contribution in [2.24, 2.45) is 0 Å². The molecule has 16 heavy (non-hydrogen) atoms. The SMILES string of the molecule is BrCc1ccc(Oc2ccccc2I)nc1. The molecule has 0 unspecified atom stereocenters. The average molecular weight is 390 g/mol. The van der Waals surface area contributed by atoms with E-state index >= 15 is 0 Å². The van der Waals surface area contributed by atoms with Crippen LogP contribution in [0.2, 0.25) is 0 Å². The van der Waals surface area contributed by atoms with Gasteiger partial charge < -0.3 is 4.74 Å². The standard InChI is InChI=1S/C12H9BrINO/c13-7-9-5-6-12(15-8-9)16-11-4-2-1-3-10(11)14/h1-6,8H,7H2. The van der Waals surface area contributed by atoms with Crippen molar-refractivity contribution in [1.29, 1.82) is 0 Å². The number of hydrogen-bond donors (Lipinski definition) is 0. The number of para-hydroxylation sites is 1. The molecule has 0 fully saturated rings. The maximum Gasteiger partial charge on any atom is 0.219 e. The molecule has 2 aromatic rings. The number of rotatable bonds is 3. The van der Waals surface area contributed by atoms with Crippen LogP contribution >= 0.6 is 38.5 Å². The van der Waals surface area contributed by atoms with E-state index in [-0.39, 0.29) is 0 Å². The normalized spacial score (nSPS) is 10.1. The van der Waals surface area contributed by atoms with Crippen LogP contribution in [-0.2, 0) is 5.33 Å². The second-order valence-corrected chi connectivity index (χ2v) is 4.89. The molecule has 4 heteroatoms. The Labute approximate surface area is 116 Å². The smallest absolute Gasteiger partial charge is 0.219 e. The molecule has 1 heterocycles. The van der Waals surface area contributed by atoms with Gasteiger partial charge in [0.2, 0.25) is 5.88 Å². The van der Waals surface area contributed by atoms with Gasteiger partial charge in [0.25, 0.3) is 0 Å². The Bertz CT molecular complexity index is 473. The van der Waals surface area contributed by atoms with E-state index in [2.05, 4.69) is 43.5 Å². The van der Waals surface area contributed by atoms with Gasteiger partial charge in [0, 0.05) is 17.6 Å². The topological polar surface area (TPSA) is 22.1 Å². The third kappa shape index (κ3) is 2.95. The zero-order valence-corrected chi connectivity index (χ0v) is 12.1. The highest BCUT2D eigenvalue weighted by Crippen LogP contribution is 2.25. The Hall–Kier alpha value is -0.620. The van der Waals surface area contributed by atoms with Gasteiger partial charge in [-0.05, 0) is 40.3 Å². The van der Waals surface area contributed by atoms with Crippen molar-refractivity contribution in [3.63, 3.8) is 0 Å². The maximum absolute atomic E-state index is 5.67. The maximum atomic E-state index is 5.67. The van der Waals surface area contributed by atoms with Gasteiger partial charge in [0.15, 0.2) is 0 Å². The minimum absolute atomic E-state index is 0.619. The number of aromatic nitrogens is 1. The highest BCUT2D eigenvalue weighted by molar-refractivity contribution is 14.1. The average Bonchev–Trinajstić information content (AvgIpc) is 2.33. The first-order valence-corrected chi connectivity index (χ1v) is 6.93. The molecule has 0 aliphatic rings. The molecule has 0 spiro atoms. The van der Waals surface area contributed by atoms with Crippen LogP contribution in [0.3, 0.4) is 0 Å². The van der Waals surface area contributed by atoms with Crippen LogP contribution in [0.5, 0.6) is 11.6 Å². The van der Waals surface area contributed by atoms with Crippen LogP contribution in [0.25, 0.3) is 0 Å². The lowest BCUT2D eigenvalue weighted by Crippen LogP contribution is -1.90. The van der Waals surface area contributed by atoms with E-state index in [1.807, 2.05) is 36.4 Å². The molecule has 2 rings (SSSR count). The fraction of sp³-hybridized carbons (Fsp3) is 0.0833. The molecule has 0 aliphatic carbocycles. The predicted molar refractivity (Wildman–Crippen MR) is 76.1 cm³/mol. The lowest BCUT2D eigenvalue weighted by molar-refractivity contribution is 0.459. The van der Waals surface area contributed by atoms with E-state index in [0.717, 1.165) is 20.2 Å². The minimum atomic E-state index is 0.619. The van der Waals surface area contributed by atoms with Gasteiger partial charge in [0.1, 0.15) is 5.75 Å². The van der Waals surface area contributed by atoms with E-state index in [1.165, 1.54) is 0 Å². The van der Waals surface area contributed by atoms with E-state index in [0.29, 0.717) is 5.88 Å². The fourth-order valence-corrected chi connectivity index (χ4v) is 2.02. The first-order chi connectivity index (χ1) is 7.79. The third-order valence-corrected chi connectivity index (χ3v) is 3.54. The molecule has 2 nitrogen and oxygen atoms in total. The minimum Gasteiger partial charge on any atom is -0.438 e. The summed E-state index contributed by atoms with van der Waals surface area (Å²) in [5.41, 5.74) is 1.13. The number of nitrogens with zero attached hydrogens (tertiary/aromatic N) is 1. The summed E-state index contributed by atoms with van der Waals surface area (Å²) in [7, 11) is 0. The third-order valence-electron chi connectivity index (χ3n) is 2.00. The monoisotopic (exact) mass is 389 g/mol. The fourth-order valence-electron chi connectivity index (χ4n) is 1.19. The summed E-state index contributed by atoms with van der Waals surface area (Å²) in [5.74, 6) is 1.45. The second-order valence-electron chi connectivity index (χ2n) is 3.17. The number of ether oxygens (including phenoxy) is 1. The largest absolute Gasteiger partial charge is 0.438 e. The summed E-state index contributed by atoms with van der Waals surface area (Å²) < 4.78 is 6.75. The molecule has 1 aromatic heterocycles. The summed E-state index contributed by atoms with van der Waals surface area (Å²) in [6.45, 7) is 0. The van der Waals surface area contributed by atoms with Gasteiger partial charge in [0.05, 0.1) is 3.57 Å². The molecule has 0 saturated heterocycles. The number of halogens is 2. The Kier molecular flexibility index (Phi) is 4.17. The number of alkyl halides is 1. The van der Waals surface area contributed by atoms with Crippen molar-refractivity contribution in [3.8, 4) is 11.6 Å². The van der Waals surface area contributed by atoms with Crippen LogP contribution in [0.4, 0.5) is 0 Å². The summed E-state index contributed by atoms with van der Waals surface area (Å²) in [5, 5.41) is 0.809. The molecular formula is C12H9BrINO. The quantitative estimate of drug-likeness (QED) is 0.574. The van der Waals surface area contributed by atoms with Crippen molar-refractivity contribution in [2.45, 2.75) is 5.33 Å². The summed E-state index contributed by atoms with van der Waals surface area (Å²) in [6, 6.07) is 11.7. The number of pyridine rings is 1. The first-order valence-electron chi connectivity index (χ1n) is 4.73. The molecule has 0 atom stereocenters. The van der Waals surface area contributed by atoms with E-state index in [4.69, 9.17) is 4.74 Å². The van der Waals surface area contributed by atoms with Gasteiger partial charge in [-0.2, -0.15) is 0 Å². The summed E-state index contributed by atoms with van der Waals surface area (Å²) >= 11 is 5.62. The van der Waals surface area contributed by atoms with Crippen LogP contribution in [-0.4, -0.2) is 4.98 Å². The zero-order valence-electron chi connectivity index (χ0n) is 8.36. The van der Waals surface area contributed by atoms with Crippen LogP contribution < -0.4 is 4.74 Å². The highest BCUT2D eigenvalue weighted by Gasteiger charge is 2.02. The van der Waals surface area contributed by atoms with E-state index in [1.54, 1.807) is 6.20 Å². The predicted octanol–water partition coefficient (Wildman–Crippen LogP) is 4.37. The molecule has 0 saturated carbocycles. The molecular weight excluding hydrogens is 381 g/mol. The second kappa shape index (κ2) is 5.63. The number of benzene rings is 1. The summed E-state index contributed by atoms with van der Waals surface area (Å²) in [6.07, 6.45) is 1.81. The van der Waals surface area contributed by atoms with Gasteiger partial charge in [-0.1, -0.05) is 34.1 Å². The Balaban J connectivity index is 2.18. The van der Waals surface area contributed by atoms with Crippen molar-refractivity contribution in [3.05, 3.63) is 51.7 Å². The van der Waals surface area contributed by atoms with Gasteiger partial charge in [-0.15, -0.1) is 0 Å². The van der Waals surface area contributed by atoms with Crippen LogP contribution in [0.1, 0.15) is 5.56 Å². The molecule has 82 valence electrons. The molecule has 0 aliphatic heterocycles. The van der Waals surface area contributed by atoms with Crippen molar-refractivity contribution in [2.75, 3.05) is 0 Å².